The summed E-state index contributed by atoms with van der Waals surface area (Å²) < 4.78 is 1.42. The first-order valence-electron chi connectivity index (χ1n) is 3.98. The summed E-state index contributed by atoms with van der Waals surface area (Å²) >= 11 is 1.89. The molecule has 0 saturated heterocycles. The van der Waals surface area contributed by atoms with Crippen LogP contribution in [-0.4, -0.2) is 14.9 Å². The van der Waals surface area contributed by atoms with Crippen molar-refractivity contribution in [3.05, 3.63) is 37.1 Å². The van der Waals surface area contributed by atoms with Crippen LogP contribution in [-0.2, 0) is 4.79 Å². The fourth-order valence-corrected chi connectivity index (χ4v) is 0.926. The molecule has 0 spiro atoms. The number of halogens is 1. The Morgan fingerprint density at radius 1 is 1.43 bits per heavy atom. The average Bonchev–Trinajstić information content (AvgIpc) is 2.15. The minimum atomic E-state index is -0.0840. The van der Waals surface area contributed by atoms with Crippen molar-refractivity contribution in [2.75, 3.05) is 0 Å². The van der Waals surface area contributed by atoms with Crippen LogP contribution >= 0.6 is 22.9 Å². The van der Waals surface area contributed by atoms with E-state index in [0.717, 1.165) is 5.57 Å². The molecule has 0 radical (unpaired) electrons. The van der Waals surface area contributed by atoms with E-state index < -0.39 is 0 Å². The maximum Gasteiger partial charge on any atom is 0.233 e. The van der Waals surface area contributed by atoms with Crippen molar-refractivity contribution in [1.82, 2.24) is 3.11 Å². The first-order valence-corrected chi connectivity index (χ1v) is 4.95. The molecule has 4 heteroatoms. The Bertz CT molecular complexity index is 305. The second-order valence-electron chi connectivity index (χ2n) is 2.56. The highest BCUT2D eigenvalue weighted by Gasteiger charge is 2.09. The summed E-state index contributed by atoms with van der Waals surface area (Å²) in [5.74, 6) is 0.463. The van der Waals surface area contributed by atoms with Gasteiger partial charge >= 0.3 is 0 Å². The molecule has 0 aliphatic carbocycles. The Labute approximate surface area is 98.4 Å². The second-order valence-corrected chi connectivity index (χ2v) is 3.53. The second kappa shape index (κ2) is 6.53. The van der Waals surface area contributed by atoms with Crippen molar-refractivity contribution < 1.29 is 4.79 Å². The molecule has 0 aromatic heterocycles. The SMILES string of the molecule is C=C/N=C(\C=C(\C)C=C)N(I)C(C)=O. The van der Waals surface area contributed by atoms with Crippen molar-refractivity contribution in [3.63, 3.8) is 0 Å². The monoisotopic (exact) mass is 304 g/mol. The number of carbonyl (C=O) groups is 1. The van der Waals surface area contributed by atoms with Crippen LogP contribution in [0.3, 0.4) is 0 Å². The molecule has 1 amide bonds. The van der Waals surface area contributed by atoms with Crippen LogP contribution in [0.1, 0.15) is 13.8 Å². The number of amides is 1. The molecular formula is C10H13IN2O. The van der Waals surface area contributed by atoms with Crippen LogP contribution < -0.4 is 0 Å². The number of amidine groups is 1. The zero-order valence-electron chi connectivity index (χ0n) is 8.33. The summed E-state index contributed by atoms with van der Waals surface area (Å²) in [6, 6.07) is 0. The lowest BCUT2D eigenvalue weighted by Crippen LogP contribution is -2.23. The minimum Gasteiger partial charge on any atom is -0.274 e. The topological polar surface area (TPSA) is 32.7 Å². The highest BCUT2D eigenvalue weighted by molar-refractivity contribution is 14.1. The van der Waals surface area contributed by atoms with Crippen molar-refractivity contribution in [3.8, 4) is 0 Å². The number of allylic oxidation sites excluding steroid dienone is 2. The fourth-order valence-electron chi connectivity index (χ4n) is 0.662. The van der Waals surface area contributed by atoms with Crippen LogP contribution in [0, 0.1) is 0 Å². The van der Waals surface area contributed by atoms with Gasteiger partial charge in [-0.25, -0.2) is 8.11 Å². The number of carbonyl (C=O) groups excluding carboxylic acids is 1. The van der Waals surface area contributed by atoms with Gasteiger partial charge in [0.05, 0.1) is 22.9 Å². The minimum absolute atomic E-state index is 0.0840. The molecule has 0 unspecified atom stereocenters. The maximum atomic E-state index is 11.1. The Balaban J connectivity index is 4.97. The number of nitrogens with zero attached hydrogens (tertiary/aromatic N) is 2. The van der Waals surface area contributed by atoms with Gasteiger partial charge in [0.1, 0.15) is 5.84 Å². The van der Waals surface area contributed by atoms with Gasteiger partial charge in [-0.05, 0) is 18.6 Å². The Morgan fingerprint density at radius 2 is 2.00 bits per heavy atom. The van der Waals surface area contributed by atoms with E-state index in [1.54, 1.807) is 12.2 Å². The highest BCUT2D eigenvalue weighted by Crippen LogP contribution is 2.06. The lowest BCUT2D eigenvalue weighted by atomic mass is 10.2. The number of rotatable bonds is 3. The smallest absolute Gasteiger partial charge is 0.233 e. The standard InChI is InChI=1S/C10H13IN2O/c1-5-8(3)7-10(12-6-2)13(11)9(4)14/h5-7H,1-2H2,3-4H3/b8-7-,12-10+. The molecule has 0 heterocycles. The molecule has 0 atom stereocenters. The van der Waals surface area contributed by atoms with Gasteiger partial charge in [0.2, 0.25) is 5.91 Å². The first kappa shape index (κ1) is 13.1. The molecule has 0 saturated carbocycles. The van der Waals surface area contributed by atoms with Crippen LogP contribution in [0.15, 0.2) is 42.1 Å². The first-order chi connectivity index (χ1) is 6.52. The predicted octanol–water partition coefficient (Wildman–Crippen LogP) is 2.86. The van der Waals surface area contributed by atoms with Gasteiger partial charge in [0.25, 0.3) is 0 Å². The number of hydrogen-bond donors (Lipinski definition) is 0. The maximum absolute atomic E-state index is 11.1. The summed E-state index contributed by atoms with van der Waals surface area (Å²) in [4.78, 5) is 15.1. The Morgan fingerprint density at radius 3 is 2.36 bits per heavy atom. The number of aliphatic imine (C=N–C) groups is 1. The van der Waals surface area contributed by atoms with E-state index >= 15 is 0 Å². The van der Waals surface area contributed by atoms with E-state index in [9.17, 15) is 4.79 Å². The molecule has 0 aliphatic heterocycles. The van der Waals surface area contributed by atoms with E-state index in [4.69, 9.17) is 0 Å². The van der Waals surface area contributed by atoms with Crippen molar-refractivity contribution in [2.24, 2.45) is 4.99 Å². The van der Waals surface area contributed by atoms with Crippen molar-refractivity contribution in [1.29, 1.82) is 0 Å². The van der Waals surface area contributed by atoms with Crippen molar-refractivity contribution >= 4 is 34.6 Å². The molecular weight excluding hydrogens is 291 g/mol. The zero-order valence-corrected chi connectivity index (χ0v) is 10.5. The van der Waals surface area contributed by atoms with Crippen LogP contribution in [0.4, 0.5) is 0 Å². The van der Waals surface area contributed by atoms with E-state index in [0.29, 0.717) is 5.84 Å². The normalized spacial score (nSPS) is 12.2. The summed E-state index contributed by atoms with van der Waals surface area (Å²) in [6.45, 7) is 10.5. The Kier molecular flexibility index (Phi) is 6.11. The molecule has 3 nitrogen and oxygen atoms in total. The predicted molar refractivity (Wildman–Crippen MR) is 68.1 cm³/mol. The lowest BCUT2D eigenvalue weighted by Gasteiger charge is -2.11. The number of hydrogen-bond acceptors (Lipinski definition) is 2. The quantitative estimate of drug-likeness (QED) is 0.259. The average molecular weight is 304 g/mol. The molecule has 0 aromatic rings. The summed E-state index contributed by atoms with van der Waals surface area (Å²) in [6.07, 6.45) is 4.86. The molecule has 0 aliphatic rings. The summed E-state index contributed by atoms with van der Waals surface area (Å²) in [5, 5.41) is 0. The molecule has 0 rings (SSSR count). The van der Waals surface area contributed by atoms with Crippen molar-refractivity contribution in [2.45, 2.75) is 13.8 Å². The van der Waals surface area contributed by atoms with Crippen LogP contribution in [0.5, 0.6) is 0 Å². The Hall–Kier alpha value is -0.910. The van der Waals surface area contributed by atoms with Gasteiger partial charge in [-0.1, -0.05) is 19.2 Å². The third-order valence-electron chi connectivity index (χ3n) is 1.38. The van der Waals surface area contributed by atoms with Gasteiger partial charge < -0.3 is 0 Å². The van der Waals surface area contributed by atoms with Gasteiger partial charge in [0, 0.05) is 13.1 Å². The van der Waals surface area contributed by atoms with Gasteiger partial charge in [0.15, 0.2) is 0 Å². The molecule has 0 aromatic carbocycles. The van der Waals surface area contributed by atoms with Crippen LogP contribution in [0.2, 0.25) is 0 Å². The van der Waals surface area contributed by atoms with E-state index in [-0.39, 0.29) is 5.91 Å². The third-order valence-corrected chi connectivity index (χ3v) is 2.55. The third kappa shape index (κ3) is 4.36. The van der Waals surface area contributed by atoms with E-state index in [1.807, 2.05) is 29.8 Å². The van der Waals surface area contributed by atoms with Crippen LogP contribution in [0.25, 0.3) is 0 Å². The lowest BCUT2D eigenvalue weighted by molar-refractivity contribution is -0.120. The van der Waals surface area contributed by atoms with E-state index in [2.05, 4.69) is 18.2 Å². The summed E-state index contributed by atoms with van der Waals surface area (Å²) in [5.41, 5.74) is 0.938. The molecule has 76 valence electrons. The summed E-state index contributed by atoms with van der Waals surface area (Å²) in [7, 11) is 0. The molecule has 0 N–H and O–H groups in total. The largest absolute Gasteiger partial charge is 0.274 e. The van der Waals surface area contributed by atoms with Gasteiger partial charge in [-0.15, -0.1) is 0 Å². The molecule has 0 fully saturated rings. The van der Waals surface area contributed by atoms with Gasteiger partial charge in [-0.3, -0.25) is 4.79 Å². The molecule has 0 bridgehead atoms. The molecule has 14 heavy (non-hydrogen) atoms. The van der Waals surface area contributed by atoms with Gasteiger partial charge in [-0.2, -0.15) is 0 Å². The zero-order chi connectivity index (χ0) is 11.1. The highest BCUT2D eigenvalue weighted by atomic mass is 127. The fraction of sp³-hybridized carbons (Fsp3) is 0.200. The van der Waals surface area contributed by atoms with E-state index in [1.165, 1.54) is 16.2 Å².